The number of nitrogens with one attached hydrogen (secondary N) is 1. The fraction of sp³-hybridized carbons (Fsp3) is 0.519. The Hall–Kier alpha value is -2.74. The monoisotopic (exact) mass is 488 g/mol. The Morgan fingerprint density at radius 3 is 2.51 bits per heavy atom. The van der Waals surface area contributed by atoms with Crippen molar-refractivity contribution in [1.82, 2.24) is 10.2 Å². The predicted octanol–water partition coefficient (Wildman–Crippen LogP) is 6.09. The highest BCUT2D eigenvalue weighted by molar-refractivity contribution is 5.70. The molecule has 1 aliphatic carbocycles. The van der Waals surface area contributed by atoms with Crippen molar-refractivity contribution in [3.8, 4) is 16.9 Å². The van der Waals surface area contributed by atoms with Gasteiger partial charge < -0.3 is 14.8 Å². The molecule has 188 valence electrons. The summed E-state index contributed by atoms with van der Waals surface area (Å²) < 4.78 is 47.9. The molecule has 3 fully saturated rings. The average Bonchev–Trinajstić information content (AvgIpc) is 2.80. The molecule has 5 nitrogen and oxygen atoms in total. The second kappa shape index (κ2) is 9.04. The van der Waals surface area contributed by atoms with E-state index in [4.69, 9.17) is 4.74 Å². The molecule has 3 saturated heterocycles. The Balaban J connectivity index is 1.34. The maximum absolute atomic E-state index is 12.9. The molecule has 0 radical (unpaired) electrons. The fourth-order valence-electron chi connectivity index (χ4n) is 5.79. The first-order chi connectivity index (χ1) is 16.6. The van der Waals surface area contributed by atoms with Crippen molar-refractivity contribution in [3.63, 3.8) is 0 Å². The maximum atomic E-state index is 12.9. The number of ether oxygens (including phenoxy) is 2. The molecule has 3 aliphatic heterocycles. The van der Waals surface area contributed by atoms with Crippen molar-refractivity contribution in [2.45, 2.75) is 58.0 Å². The summed E-state index contributed by atoms with van der Waals surface area (Å²) in [6, 6.07) is 11.6. The van der Waals surface area contributed by atoms with Gasteiger partial charge in [0.15, 0.2) is 0 Å². The van der Waals surface area contributed by atoms with Crippen LogP contribution in [0, 0.1) is 11.3 Å². The Morgan fingerprint density at radius 1 is 1.09 bits per heavy atom. The van der Waals surface area contributed by atoms with E-state index in [2.05, 4.69) is 28.8 Å². The summed E-state index contributed by atoms with van der Waals surface area (Å²) in [6.45, 7) is 7.26. The van der Waals surface area contributed by atoms with Gasteiger partial charge in [-0.2, -0.15) is 0 Å². The Labute approximate surface area is 203 Å². The van der Waals surface area contributed by atoms with Gasteiger partial charge in [-0.25, -0.2) is 4.79 Å². The van der Waals surface area contributed by atoms with Gasteiger partial charge in [-0.3, -0.25) is 4.90 Å². The molecule has 0 aromatic heterocycles. The van der Waals surface area contributed by atoms with E-state index >= 15 is 0 Å². The second-order valence-corrected chi connectivity index (χ2v) is 10.6. The van der Waals surface area contributed by atoms with Crippen molar-refractivity contribution in [3.05, 3.63) is 53.6 Å². The quantitative estimate of drug-likeness (QED) is 0.566. The van der Waals surface area contributed by atoms with Crippen LogP contribution < -0.4 is 10.1 Å². The van der Waals surface area contributed by atoms with E-state index in [1.807, 2.05) is 18.2 Å². The third-order valence-electron chi connectivity index (χ3n) is 7.79. The molecule has 4 aliphatic rings. The van der Waals surface area contributed by atoms with Gasteiger partial charge in [0.05, 0.1) is 6.04 Å². The standard InChI is InChI=1S/C27H31F3N2O3/c1-26(2)11-8-20-14-19(18-4-3-5-21(15-18)35-27(28,29)30)6-7-22(20)24(26)31-25(33)34-23-16-32-12-9-17(23)10-13-32/h3-7,14-15,17,23-24H,8-13,16H2,1-2H3,(H,31,33)/t23-,24?/m0/s1. The van der Waals surface area contributed by atoms with Crippen LogP contribution in [0.4, 0.5) is 18.0 Å². The number of alkyl halides is 3. The molecule has 2 aromatic rings. The number of fused-ring (bicyclic) bond motifs is 4. The molecule has 8 heteroatoms. The number of amides is 1. The normalized spacial score (nSPS) is 27.1. The number of rotatable bonds is 4. The molecule has 2 atom stereocenters. The van der Waals surface area contributed by atoms with Crippen LogP contribution >= 0.6 is 0 Å². The maximum Gasteiger partial charge on any atom is 0.573 e. The third-order valence-corrected chi connectivity index (χ3v) is 7.79. The van der Waals surface area contributed by atoms with E-state index in [-0.39, 0.29) is 29.4 Å². The van der Waals surface area contributed by atoms with Crippen LogP contribution in [0.2, 0.25) is 0 Å². The van der Waals surface area contributed by atoms with E-state index < -0.39 is 6.36 Å². The predicted molar refractivity (Wildman–Crippen MR) is 126 cm³/mol. The number of nitrogens with zero attached hydrogens (tertiary/aromatic N) is 1. The van der Waals surface area contributed by atoms with Crippen LogP contribution in [-0.4, -0.2) is 43.1 Å². The third kappa shape index (κ3) is 5.27. The zero-order valence-electron chi connectivity index (χ0n) is 20.0. The first-order valence-corrected chi connectivity index (χ1v) is 12.3. The number of hydrogen-bond donors (Lipinski definition) is 1. The lowest BCUT2D eigenvalue weighted by Gasteiger charge is -2.44. The molecule has 35 heavy (non-hydrogen) atoms. The highest BCUT2D eigenvalue weighted by atomic mass is 19.4. The number of carbonyl (C=O) groups excluding carboxylic acids is 1. The van der Waals surface area contributed by atoms with Gasteiger partial charge in [-0.05, 0) is 84.5 Å². The van der Waals surface area contributed by atoms with Crippen LogP contribution in [0.5, 0.6) is 5.75 Å². The van der Waals surface area contributed by atoms with Gasteiger partial charge in [0.1, 0.15) is 11.9 Å². The van der Waals surface area contributed by atoms with Crippen molar-refractivity contribution < 1.29 is 27.4 Å². The molecule has 1 N–H and O–H groups in total. The second-order valence-electron chi connectivity index (χ2n) is 10.6. The molecule has 6 rings (SSSR count). The zero-order valence-corrected chi connectivity index (χ0v) is 20.0. The topological polar surface area (TPSA) is 50.8 Å². The average molecular weight is 489 g/mol. The summed E-state index contributed by atoms with van der Waals surface area (Å²) in [4.78, 5) is 15.3. The number of alkyl carbamates (subject to hydrolysis) is 1. The summed E-state index contributed by atoms with van der Waals surface area (Å²) in [5, 5.41) is 3.14. The van der Waals surface area contributed by atoms with E-state index in [1.165, 1.54) is 12.1 Å². The van der Waals surface area contributed by atoms with Crippen LogP contribution in [0.1, 0.15) is 50.3 Å². The van der Waals surface area contributed by atoms with E-state index in [0.29, 0.717) is 11.5 Å². The summed E-state index contributed by atoms with van der Waals surface area (Å²) in [6.07, 6.45) is -1.33. The van der Waals surface area contributed by atoms with Gasteiger partial charge in [-0.1, -0.05) is 44.2 Å². The van der Waals surface area contributed by atoms with Crippen LogP contribution in [0.15, 0.2) is 42.5 Å². The molecule has 1 amide bonds. The Kier molecular flexibility index (Phi) is 6.20. The minimum Gasteiger partial charge on any atom is -0.445 e. The van der Waals surface area contributed by atoms with Crippen LogP contribution in [-0.2, 0) is 11.2 Å². The lowest BCUT2D eigenvalue weighted by atomic mass is 9.70. The minimum absolute atomic E-state index is 0.0581. The van der Waals surface area contributed by atoms with Gasteiger partial charge in [0, 0.05) is 6.54 Å². The van der Waals surface area contributed by atoms with Crippen molar-refractivity contribution >= 4 is 6.09 Å². The zero-order chi connectivity index (χ0) is 24.8. The van der Waals surface area contributed by atoms with Gasteiger partial charge in [0.2, 0.25) is 0 Å². The molecule has 0 spiro atoms. The molecule has 2 bridgehead atoms. The molecular weight excluding hydrogens is 457 g/mol. The van der Waals surface area contributed by atoms with Crippen molar-refractivity contribution in [2.24, 2.45) is 11.3 Å². The van der Waals surface area contributed by atoms with Gasteiger partial charge >= 0.3 is 12.5 Å². The van der Waals surface area contributed by atoms with E-state index in [1.54, 1.807) is 12.1 Å². The highest BCUT2D eigenvalue weighted by Crippen LogP contribution is 2.45. The first kappa shape index (κ1) is 24.0. The molecule has 3 heterocycles. The Morgan fingerprint density at radius 2 is 1.83 bits per heavy atom. The van der Waals surface area contributed by atoms with Crippen LogP contribution in [0.25, 0.3) is 11.1 Å². The number of carbonyl (C=O) groups is 1. The number of aryl methyl sites for hydroxylation is 1. The lowest BCUT2D eigenvalue weighted by Crippen LogP contribution is -2.53. The number of benzene rings is 2. The molecule has 1 unspecified atom stereocenters. The lowest BCUT2D eigenvalue weighted by molar-refractivity contribution is -0.274. The van der Waals surface area contributed by atoms with Crippen LogP contribution in [0.3, 0.4) is 0 Å². The summed E-state index contributed by atoms with van der Waals surface area (Å²) >= 11 is 0. The van der Waals surface area contributed by atoms with Gasteiger partial charge in [0.25, 0.3) is 0 Å². The first-order valence-electron chi connectivity index (χ1n) is 12.3. The summed E-state index contributed by atoms with van der Waals surface area (Å²) in [5.41, 5.74) is 3.40. The number of halogens is 3. The smallest absolute Gasteiger partial charge is 0.445 e. The number of piperidine rings is 3. The Bertz CT molecular complexity index is 1090. The van der Waals surface area contributed by atoms with E-state index in [9.17, 15) is 18.0 Å². The SMILES string of the molecule is CC1(C)CCc2cc(-c3cccc(OC(F)(F)F)c3)ccc2C1NC(=O)O[C@H]1CN2CCC1CC2. The summed E-state index contributed by atoms with van der Waals surface area (Å²) in [7, 11) is 0. The molecule has 2 aromatic carbocycles. The molecule has 0 saturated carbocycles. The fourth-order valence-corrected chi connectivity index (χ4v) is 5.79. The molecular formula is C27H31F3N2O3. The highest BCUT2D eigenvalue weighted by Gasteiger charge is 2.40. The summed E-state index contributed by atoms with van der Waals surface area (Å²) in [5.74, 6) is 0.195. The number of hydrogen-bond acceptors (Lipinski definition) is 4. The van der Waals surface area contributed by atoms with Crippen molar-refractivity contribution in [2.75, 3.05) is 19.6 Å². The van der Waals surface area contributed by atoms with Crippen molar-refractivity contribution in [1.29, 1.82) is 0 Å². The van der Waals surface area contributed by atoms with E-state index in [0.717, 1.165) is 62.0 Å². The van der Waals surface area contributed by atoms with Gasteiger partial charge in [-0.15, -0.1) is 13.2 Å². The largest absolute Gasteiger partial charge is 0.573 e. The minimum atomic E-state index is -4.73.